The summed E-state index contributed by atoms with van der Waals surface area (Å²) in [6.07, 6.45) is 0. The minimum Gasteiger partial charge on any atom is -0.335 e. The number of anilines is 6. The van der Waals surface area contributed by atoms with Gasteiger partial charge in [0.15, 0.2) is 11.6 Å². The van der Waals surface area contributed by atoms with Crippen LogP contribution < -0.4 is 21.3 Å². The van der Waals surface area contributed by atoms with E-state index in [9.17, 15) is 9.59 Å². The van der Waals surface area contributed by atoms with Gasteiger partial charge in [0.25, 0.3) is 0 Å². The summed E-state index contributed by atoms with van der Waals surface area (Å²) in [5, 5.41) is 19.3. The van der Waals surface area contributed by atoms with Crippen molar-refractivity contribution in [2.75, 3.05) is 21.3 Å². The standard InChI is InChI=1S/C20H18N8O3/c1-11(29)21-13-7-3-5-9-15(13)23-17-18(26-20-19(25-17)27-31-28-20)24-16-10-6-4-8-14(16)22-12(2)30/h3-10H,1-2H3,(H,21,29)(H,22,30)(H,23,25,27)(H,24,26,28). The largest absolute Gasteiger partial charge is 0.335 e. The molecule has 2 amide bonds. The maximum absolute atomic E-state index is 11.5. The summed E-state index contributed by atoms with van der Waals surface area (Å²) in [6.45, 7) is 2.85. The van der Waals surface area contributed by atoms with Gasteiger partial charge in [0.1, 0.15) is 0 Å². The first-order valence-electron chi connectivity index (χ1n) is 9.27. The second kappa shape index (κ2) is 8.45. The lowest BCUT2D eigenvalue weighted by Gasteiger charge is -2.16. The fourth-order valence-corrected chi connectivity index (χ4v) is 2.85. The van der Waals surface area contributed by atoms with Crippen molar-refractivity contribution in [3.05, 3.63) is 48.5 Å². The van der Waals surface area contributed by atoms with Crippen molar-refractivity contribution in [1.29, 1.82) is 0 Å². The maximum atomic E-state index is 11.5. The number of nitrogens with one attached hydrogen (secondary N) is 4. The molecule has 156 valence electrons. The van der Waals surface area contributed by atoms with Crippen LogP contribution in [0.4, 0.5) is 34.4 Å². The van der Waals surface area contributed by atoms with Crippen LogP contribution in [0, 0.1) is 0 Å². The van der Waals surface area contributed by atoms with Gasteiger partial charge >= 0.3 is 0 Å². The first kappa shape index (κ1) is 19.8. The number of para-hydroxylation sites is 4. The van der Waals surface area contributed by atoms with Crippen molar-refractivity contribution in [3.63, 3.8) is 0 Å². The zero-order valence-electron chi connectivity index (χ0n) is 16.6. The first-order chi connectivity index (χ1) is 15.0. The molecule has 0 spiro atoms. The molecule has 0 saturated heterocycles. The van der Waals surface area contributed by atoms with Crippen LogP contribution in [0.5, 0.6) is 0 Å². The van der Waals surface area contributed by atoms with E-state index in [1.807, 2.05) is 12.1 Å². The molecule has 4 N–H and O–H groups in total. The third-order valence-electron chi connectivity index (χ3n) is 4.10. The topological polar surface area (TPSA) is 147 Å². The van der Waals surface area contributed by atoms with E-state index < -0.39 is 0 Å². The predicted molar refractivity (Wildman–Crippen MR) is 115 cm³/mol. The molecule has 0 unspecified atom stereocenters. The summed E-state index contributed by atoms with van der Waals surface area (Å²) in [4.78, 5) is 32.0. The van der Waals surface area contributed by atoms with Crippen molar-refractivity contribution in [3.8, 4) is 0 Å². The summed E-state index contributed by atoms with van der Waals surface area (Å²) in [5.41, 5.74) is 2.75. The van der Waals surface area contributed by atoms with Crippen LogP contribution in [0.2, 0.25) is 0 Å². The molecule has 11 nitrogen and oxygen atoms in total. The highest BCUT2D eigenvalue weighted by Crippen LogP contribution is 2.32. The minimum atomic E-state index is -0.209. The molecule has 4 aromatic rings. The number of fused-ring (bicyclic) bond motifs is 1. The van der Waals surface area contributed by atoms with Gasteiger partial charge in [-0.1, -0.05) is 24.3 Å². The summed E-state index contributed by atoms with van der Waals surface area (Å²) in [7, 11) is 0. The lowest BCUT2D eigenvalue weighted by Crippen LogP contribution is -2.10. The fourth-order valence-electron chi connectivity index (χ4n) is 2.85. The van der Waals surface area contributed by atoms with Gasteiger partial charge in [0, 0.05) is 13.8 Å². The van der Waals surface area contributed by atoms with E-state index in [0.717, 1.165) is 0 Å². The van der Waals surface area contributed by atoms with Gasteiger partial charge in [0.05, 0.1) is 22.7 Å². The highest BCUT2D eigenvalue weighted by molar-refractivity contribution is 5.95. The van der Waals surface area contributed by atoms with Gasteiger partial charge in [-0.15, -0.1) is 0 Å². The van der Waals surface area contributed by atoms with Crippen molar-refractivity contribution in [2.45, 2.75) is 13.8 Å². The Hall–Kier alpha value is -4.54. The van der Waals surface area contributed by atoms with Crippen LogP contribution in [0.1, 0.15) is 13.8 Å². The van der Waals surface area contributed by atoms with E-state index >= 15 is 0 Å². The van der Waals surface area contributed by atoms with Gasteiger partial charge in [-0.05, 0) is 34.6 Å². The second-order valence-corrected chi connectivity index (χ2v) is 6.54. The predicted octanol–water partition coefficient (Wildman–Crippen LogP) is 3.42. The van der Waals surface area contributed by atoms with Crippen molar-refractivity contribution in [2.24, 2.45) is 0 Å². The van der Waals surface area contributed by atoms with Gasteiger partial charge in [-0.25, -0.2) is 14.6 Å². The molecule has 0 aliphatic heterocycles. The van der Waals surface area contributed by atoms with E-state index in [2.05, 4.69) is 41.5 Å². The molecular formula is C20H18N8O3. The monoisotopic (exact) mass is 418 g/mol. The van der Waals surface area contributed by atoms with Gasteiger partial charge in [-0.3, -0.25) is 9.59 Å². The zero-order valence-corrected chi connectivity index (χ0v) is 16.6. The Morgan fingerprint density at radius 3 is 1.45 bits per heavy atom. The molecule has 0 radical (unpaired) electrons. The Morgan fingerprint density at radius 2 is 1.06 bits per heavy atom. The summed E-state index contributed by atoms with van der Waals surface area (Å²) in [5.74, 6) is 0.218. The van der Waals surface area contributed by atoms with Crippen molar-refractivity contribution in [1.82, 2.24) is 20.3 Å². The maximum Gasteiger partial charge on any atom is 0.245 e. The molecule has 2 heterocycles. The third kappa shape index (κ3) is 4.56. The Balaban J connectivity index is 1.75. The van der Waals surface area contributed by atoms with Crippen molar-refractivity contribution >= 4 is 57.5 Å². The van der Waals surface area contributed by atoms with E-state index in [0.29, 0.717) is 34.4 Å². The summed E-state index contributed by atoms with van der Waals surface area (Å²) < 4.78 is 4.73. The number of carbonyl (C=O) groups excluding carboxylic acids is 2. The molecule has 0 atom stereocenters. The first-order valence-corrected chi connectivity index (χ1v) is 9.27. The van der Waals surface area contributed by atoms with Gasteiger partial charge < -0.3 is 21.3 Å². The normalized spacial score (nSPS) is 10.5. The SMILES string of the molecule is CC(=O)Nc1ccccc1Nc1nc2nonc2nc1Nc1ccccc1NC(C)=O. The summed E-state index contributed by atoms with van der Waals surface area (Å²) in [6, 6.07) is 14.3. The van der Waals surface area contributed by atoms with Crippen LogP contribution in [0.25, 0.3) is 11.3 Å². The average Bonchev–Trinajstić information content (AvgIpc) is 3.17. The molecule has 0 fully saturated rings. The molecule has 0 aliphatic rings. The highest BCUT2D eigenvalue weighted by atomic mass is 16.6. The Morgan fingerprint density at radius 1 is 0.677 bits per heavy atom. The number of hydrogen-bond acceptors (Lipinski definition) is 9. The molecule has 31 heavy (non-hydrogen) atoms. The Bertz CT molecular complexity index is 1170. The number of hydrogen-bond donors (Lipinski definition) is 4. The zero-order chi connectivity index (χ0) is 21.8. The number of rotatable bonds is 6. The van der Waals surface area contributed by atoms with Crippen LogP contribution >= 0.6 is 0 Å². The summed E-state index contributed by atoms with van der Waals surface area (Å²) >= 11 is 0. The second-order valence-electron chi connectivity index (χ2n) is 6.54. The number of benzene rings is 2. The van der Waals surface area contributed by atoms with Crippen molar-refractivity contribution < 1.29 is 14.2 Å². The number of amides is 2. The van der Waals surface area contributed by atoms with Crippen LogP contribution in [-0.2, 0) is 9.59 Å². The number of carbonyl (C=O) groups is 2. The lowest BCUT2D eigenvalue weighted by molar-refractivity contribution is -0.115. The van der Waals surface area contributed by atoms with Gasteiger partial charge in [-0.2, -0.15) is 0 Å². The van der Waals surface area contributed by atoms with Crippen LogP contribution in [-0.4, -0.2) is 32.1 Å². The molecular weight excluding hydrogens is 400 g/mol. The van der Waals surface area contributed by atoms with Gasteiger partial charge in [0.2, 0.25) is 23.1 Å². The average molecular weight is 418 g/mol. The molecule has 2 aromatic heterocycles. The van der Waals surface area contributed by atoms with Crippen LogP contribution in [0.15, 0.2) is 53.2 Å². The van der Waals surface area contributed by atoms with Crippen LogP contribution in [0.3, 0.4) is 0 Å². The third-order valence-corrected chi connectivity index (χ3v) is 4.10. The quantitative estimate of drug-likeness (QED) is 0.370. The number of aromatic nitrogens is 4. The Labute approximate surface area is 176 Å². The molecule has 0 bridgehead atoms. The molecule has 11 heteroatoms. The molecule has 2 aromatic carbocycles. The Kier molecular flexibility index (Phi) is 5.39. The van der Waals surface area contributed by atoms with E-state index in [-0.39, 0.29) is 23.1 Å². The number of nitrogens with zero attached hydrogens (tertiary/aromatic N) is 4. The minimum absolute atomic E-state index is 0.209. The lowest BCUT2D eigenvalue weighted by atomic mass is 10.2. The smallest absolute Gasteiger partial charge is 0.245 e. The molecule has 4 rings (SSSR count). The molecule has 0 saturated carbocycles. The molecule has 0 aliphatic carbocycles. The van der Waals surface area contributed by atoms with E-state index in [4.69, 9.17) is 4.63 Å². The highest BCUT2D eigenvalue weighted by Gasteiger charge is 2.16. The van der Waals surface area contributed by atoms with E-state index in [1.165, 1.54) is 13.8 Å². The fraction of sp³-hybridized carbons (Fsp3) is 0.100. The van der Waals surface area contributed by atoms with E-state index in [1.54, 1.807) is 36.4 Å².